The van der Waals surface area contributed by atoms with Gasteiger partial charge in [-0.1, -0.05) is 0 Å². The summed E-state index contributed by atoms with van der Waals surface area (Å²) in [6.45, 7) is 0. The quantitative estimate of drug-likeness (QED) is 0.519. The highest BCUT2D eigenvalue weighted by molar-refractivity contribution is 5.02. The van der Waals surface area contributed by atoms with Gasteiger partial charge in [0.05, 0.1) is 7.11 Å². The van der Waals surface area contributed by atoms with Gasteiger partial charge < -0.3 is 4.74 Å². The molecule has 1 radical (unpaired) electrons. The fourth-order valence-electron chi connectivity index (χ4n) is 0.363. The minimum atomic E-state index is 0.542. The molecule has 0 unspecified atom stereocenters. The van der Waals surface area contributed by atoms with E-state index in [-0.39, 0.29) is 0 Å². The Hall–Kier alpha value is -1.12. The number of nitrogens with zero attached hydrogens (tertiary/aromatic N) is 2. The van der Waals surface area contributed by atoms with Crippen LogP contribution in [0.1, 0.15) is 0 Å². The molecule has 1 aromatic rings. The van der Waals surface area contributed by atoms with Crippen molar-refractivity contribution in [1.82, 2.24) is 9.97 Å². The molecular weight excluding hydrogens is 104 g/mol. The second-order valence-electron chi connectivity index (χ2n) is 1.20. The number of aromatic nitrogens is 2. The lowest BCUT2D eigenvalue weighted by Crippen LogP contribution is -1.85. The van der Waals surface area contributed by atoms with Gasteiger partial charge in [-0.15, -0.1) is 0 Å². The minimum Gasteiger partial charge on any atom is -0.481 e. The molecule has 1 aromatic heterocycles. The van der Waals surface area contributed by atoms with Gasteiger partial charge in [-0.25, -0.2) is 4.98 Å². The summed E-state index contributed by atoms with van der Waals surface area (Å²) in [5.41, 5.74) is 0. The molecule has 0 aliphatic carbocycles. The molecule has 0 aliphatic rings. The first-order chi connectivity index (χ1) is 3.93. The van der Waals surface area contributed by atoms with Crippen LogP contribution in [0.4, 0.5) is 0 Å². The van der Waals surface area contributed by atoms with Gasteiger partial charge in [-0.3, -0.25) is 0 Å². The zero-order valence-corrected chi connectivity index (χ0v) is 4.46. The topological polar surface area (TPSA) is 35.0 Å². The lowest BCUT2D eigenvalue weighted by atomic mass is 10.6. The van der Waals surface area contributed by atoms with E-state index in [1.165, 1.54) is 0 Å². The lowest BCUT2D eigenvalue weighted by molar-refractivity contribution is 0.396. The first kappa shape index (κ1) is 5.03. The van der Waals surface area contributed by atoms with E-state index in [0.717, 1.165) is 0 Å². The van der Waals surface area contributed by atoms with E-state index in [1.54, 1.807) is 19.4 Å². The number of hydrogen-bond donors (Lipinski definition) is 0. The van der Waals surface area contributed by atoms with Crippen LogP contribution in [0, 0.1) is 6.33 Å². The number of ether oxygens (including phenoxy) is 1. The van der Waals surface area contributed by atoms with Gasteiger partial charge >= 0.3 is 0 Å². The molecule has 1 rings (SSSR count). The number of methoxy groups -OCH3 is 1. The Morgan fingerprint density at radius 3 is 3.00 bits per heavy atom. The molecule has 0 fully saturated rings. The van der Waals surface area contributed by atoms with Gasteiger partial charge in [0.25, 0.3) is 0 Å². The zero-order valence-electron chi connectivity index (χ0n) is 4.46. The molecule has 0 N–H and O–H groups in total. The summed E-state index contributed by atoms with van der Waals surface area (Å²) in [5, 5.41) is 0. The molecule has 41 valence electrons. The van der Waals surface area contributed by atoms with Crippen molar-refractivity contribution < 1.29 is 4.74 Å². The minimum absolute atomic E-state index is 0.542. The summed E-state index contributed by atoms with van der Waals surface area (Å²) >= 11 is 0. The van der Waals surface area contributed by atoms with Crippen molar-refractivity contribution in [3.05, 3.63) is 18.6 Å². The van der Waals surface area contributed by atoms with Crippen molar-refractivity contribution in [2.75, 3.05) is 7.11 Å². The van der Waals surface area contributed by atoms with Gasteiger partial charge in [-0.2, -0.15) is 4.98 Å². The van der Waals surface area contributed by atoms with Crippen LogP contribution in [-0.2, 0) is 0 Å². The molecule has 0 saturated carbocycles. The Bertz CT molecular complexity index is 152. The third-order valence-corrected chi connectivity index (χ3v) is 0.719. The van der Waals surface area contributed by atoms with Crippen molar-refractivity contribution in [3.8, 4) is 5.88 Å². The molecule has 3 heteroatoms. The van der Waals surface area contributed by atoms with Crippen LogP contribution in [0.25, 0.3) is 0 Å². The second-order valence-corrected chi connectivity index (χ2v) is 1.20. The summed E-state index contributed by atoms with van der Waals surface area (Å²) in [5.74, 6) is 0.542. The summed E-state index contributed by atoms with van der Waals surface area (Å²) in [6, 6.07) is 1.66. The van der Waals surface area contributed by atoms with Gasteiger partial charge in [-0.05, 0) is 0 Å². The molecule has 0 amide bonds. The van der Waals surface area contributed by atoms with Crippen LogP contribution >= 0.6 is 0 Å². The monoisotopic (exact) mass is 109 g/mol. The fourth-order valence-corrected chi connectivity index (χ4v) is 0.363. The Morgan fingerprint density at radius 2 is 2.62 bits per heavy atom. The van der Waals surface area contributed by atoms with E-state index in [2.05, 4.69) is 16.3 Å². The smallest absolute Gasteiger partial charge is 0.216 e. The highest BCUT2D eigenvalue weighted by atomic mass is 16.5. The van der Waals surface area contributed by atoms with Crippen LogP contribution in [-0.4, -0.2) is 17.1 Å². The largest absolute Gasteiger partial charge is 0.481 e. The summed E-state index contributed by atoms with van der Waals surface area (Å²) in [6.07, 6.45) is 3.96. The van der Waals surface area contributed by atoms with Crippen molar-refractivity contribution in [1.29, 1.82) is 0 Å². The van der Waals surface area contributed by atoms with Crippen LogP contribution in [0.3, 0.4) is 0 Å². The van der Waals surface area contributed by atoms with E-state index in [1.807, 2.05) is 0 Å². The highest BCUT2D eigenvalue weighted by Gasteiger charge is 1.83. The van der Waals surface area contributed by atoms with Crippen molar-refractivity contribution >= 4 is 0 Å². The zero-order chi connectivity index (χ0) is 5.82. The van der Waals surface area contributed by atoms with Crippen LogP contribution < -0.4 is 4.74 Å². The standard InChI is InChI=1S/C5H5N2O/c1-8-5-2-3-6-4-7-5/h2-3H,1H3. The molecule has 3 nitrogen and oxygen atoms in total. The lowest BCUT2D eigenvalue weighted by Gasteiger charge is -1.91. The Labute approximate surface area is 47.3 Å². The maximum Gasteiger partial charge on any atom is 0.216 e. The third-order valence-electron chi connectivity index (χ3n) is 0.719. The van der Waals surface area contributed by atoms with Gasteiger partial charge in [0, 0.05) is 12.3 Å². The van der Waals surface area contributed by atoms with E-state index < -0.39 is 0 Å². The second kappa shape index (κ2) is 2.26. The van der Waals surface area contributed by atoms with E-state index in [9.17, 15) is 0 Å². The number of hydrogen-bond acceptors (Lipinski definition) is 3. The Kier molecular flexibility index (Phi) is 1.42. The fraction of sp³-hybridized carbons (Fsp3) is 0.200. The molecule has 0 atom stereocenters. The number of rotatable bonds is 1. The van der Waals surface area contributed by atoms with Crippen molar-refractivity contribution in [2.45, 2.75) is 0 Å². The summed E-state index contributed by atoms with van der Waals surface area (Å²) in [7, 11) is 1.55. The Balaban J connectivity index is 2.83. The van der Waals surface area contributed by atoms with Crippen molar-refractivity contribution in [2.24, 2.45) is 0 Å². The predicted octanol–water partition coefficient (Wildman–Crippen LogP) is 0.285. The maximum absolute atomic E-state index is 4.73. The molecular formula is C5H5N2O. The van der Waals surface area contributed by atoms with E-state index in [0.29, 0.717) is 5.88 Å². The molecule has 0 spiro atoms. The molecule has 0 aliphatic heterocycles. The molecule has 0 aromatic carbocycles. The molecule has 0 saturated heterocycles. The maximum atomic E-state index is 4.73. The van der Waals surface area contributed by atoms with E-state index in [4.69, 9.17) is 4.74 Å². The van der Waals surface area contributed by atoms with Gasteiger partial charge in [0.1, 0.15) is 0 Å². The average molecular weight is 109 g/mol. The SMILES string of the molecule is COc1ccn[c]n1. The van der Waals surface area contributed by atoms with Crippen LogP contribution in [0.5, 0.6) is 5.88 Å². The average Bonchev–Trinajstić information content (AvgIpc) is 1.90. The molecule has 1 heterocycles. The van der Waals surface area contributed by atoms with Crippen LogP contribution in [0.15, 0.2) is 12.3 Å². The Morgan fingerprint density at radius 1 is 1.75 bits per heavy atom. The summed E-state index contributed by atoms with van der Waals surface area (Å²) < 4.78 is 4.73. The van der Waals surface area contributed by atoms with Gasteiger partial charge in [0.2, 0.25) is 12.2 Å². The first-order valence-electron chi connectivity index (χ1n) is 2.16. The van der Waals surface area contributed by atoms with Crippen molar-refractivity contribution in [3.63, 3.8) is 0 Å². The van der Waals surface area contributed by atoms with E-state index >= 15 is 0 Å². The van der Waals surface area contributed by atoms with Crippen LogP contribution in [0.2, 0.25) is 0 Å². The molecule has 8 heavy (non-hydrogen) atoms. The highest BCUT2D eigenvalue weighted by Crippen LogP contribution is 1.97. The summed E-state index contributed by atoms with van der Waals surface area (Å²) in [4.78, 5) is 7.22. The third kappa shape index (κ3) is 0.932. The normalized spacial score (nSPS) is 8.62. The van der Waals surface area contributed by atoms with Gasteiger partial charge in [0.15, 0.2) is 0 Å². The molecule has 0 bridgehead atoms. The first-order valence-corrected chi connectivity index (χ1v) is 2.16. The predicted molar refractivity (Wildman–Crippen MR) is 27.4 cm³/mol.